The molecule has 5 nitrogen and oxygen atoms in total. The van der Waals surface area contributed by atoms with Gasteiger partial charge in [-0.05, 0) is 51.1 Å². The summed E-state index contributed by atoms with van der Waals surface area (Å²) in [5.74, 6) is 2.69. The van der Waals surface area contributed by atoms with Crippen LogP contribution in [0.3, 0.4) is 0 Å². The largest absolute Gasteiger partial charge is 0.497 e. The molecule has 0 amide bonds. The average molecular weight is 312 g/mol. The highest BCUT2D eigenvalue weighted by molar-refractivity contribution is 5.61. The van der Waals surface area contributed by atoms with Crippen LogP contribution in [0.2, 0.25) is 0 Å². The molecule has 0 saturated carbocycles. The van der Waals surface area contributed by atoms with Crippen molar-refractivity contribution >= 4 is 5.82 Å². The van der Waals surface area contributed by atoms with E-state index in [1.807, 2.05) is 24.3 Å². The second-order valence-corrected chi connectivity index (χ2v) is 5.90. The highest BCUT2D eigenvalue weighted by Gasteiger charge is 2.17. The first kappa shape index (κ1) is 15.7. The number of nitrogens with zero attached hydrogens (tertiary/aromatic N) is 3. The van der Waals surface area contributed by atoms with E-state index in [1.54, 1.807) is 7.11 Å². The second kappa shape index (κ2) is 6.96. The van der Waals surface area contributed by atoms with Crippen LogP contribution in [0.5, 0.6) is 5.75 Å². The molecule has 1 aliphatic rings. The van der Waals surface area contributed by atoms with Crippen molar-refractivity contribution in [3.05, 3.63) is 35.5 Å². The Bertz CT molecular complexity index is 661. The zero-order valence-corrected chi connectivity index (χ0v) is 14.1. The summed E-state index contributed by atoms with van der Waals surface area (Å²) in [7, 11) is 1.67. The maximum Gasteiger partial charge on any atom is 0.161 e. The quantitative estimate of drug-likeness (QED) is 0.944. The molecule has 122 valence electrons. The molecule has 0 spiro atoms. The van der Waals surface area contributed by atoms with Gasteiger partial charge in [-0.15, -0.1) is 0 Å². The number of nitrogens with one attached hydrogen (secondary N) is 1. The summed E-state index contributed by atoms with van der Waals surface area (Å²) in [6.07, 6.45) is 1.14. The van der Waals surface area contributed by atoms with Crippen molar-refractivity contribution in [3.63, 3.8) is 0 Å². The van der Waals surface area contributed by atoms with E-state index < -0.39 is 0 Å². The van der Waals surface area contributed by atoms with E-state index in [9.17, 15) is 0 Å². The normalized spacial score (nSPS) is 15.3. The molecule has 2 aromatic rings. The van der Waals surface area contributed by atoms with Gasteiger partial charge in [0.05, 0.1) is 7.11 Å². The van der Waals surface area contributed by atoms with Crippen LogP contribution in [-0.4, -0.2) is 43.3 Å². The van der Waals surface area contributed by atoms with Gasteiger partial charge in [0.15, 0.2) is 5.82 Å². The molecule has 0 radical (unpaired) electrons. The molecule has 1 fully saturated rings. The maximum absolute atomic E-state index is 5.22. The molecular weight excluding hydrogens is 288 g/mol. The Labute approximate surface area is 137 Å². The molecule has 0 bridgehead atoms. The Balaban J connectivity index is 1.98. The fourth-order valence-corrected chi connectivity index (χ4v) is 2.85. The summed E-state index contributed by atoms with van der Waals surface area (Å²) in [4.78, 5) is 11.9. The Hall–Kier alpha value is -2.14. The summed E-state index contributed by atoms with van der Waals surface area (Å²) in [5, 5.41) is 3.44. The van der Waals surface area contributed by atoms with Crippen LogP contribution in [0.25, 0.3) is 11.4 Å². The minimum atomic E-state index is 0.781. The van der Waals surface area contributed by atoms with Gasteiger partial charge in [0, 0.05) is 36.5 Å². The lowest BCUT2D eigenvalue weighted by molar-refractivity contribution is 0.415. The zero-order chi connectivity index (χ0) is 16.2. The molecule has 0 aliphatic carbocycles. The second-order valence-electron chi connectivity index (χ2n) is 5.90. The van der Waals surface area contributed by atoms with E-state index in [1.165, 1.54) is 5.56 Å². The molecule has 1 N–H and O–H groups in total. The van der Waals surface area contributed by atoms with Crippen LogP contribution < -0.4 is 15.0 Å². The Kier molecular flexibility index (Phi) is 4.76. The first-order valence-corrected chi connectivity index (χ1v) is 8.14. The number of methoxy groups -OCH3 is 1. The number of rotatable bonds is 3. The lowest BCUT2D eigenvalue weighted by Gasteiger charge is -2.24. The topological polar surface area (TPSA) is 50.3 Å². The molecule has 0 atom stereocenters. The van der Waals surface area contributed by atoms with E-state index in [4.69, 9.17) is 9.72 Å². The highest BCUT2D eigenvalue weighted by Crippen LogP contribution is 2.26. The van der Waals surface area contributed by atoms with Gasteiger partial charge in [-0.1, -0.05) is 0 Å². The minimum Gasteiger partial charge on any atom is -0.497 e. The van der Waals surface area contributed by atoms with Gasteiger partial charge >= 0.3 is 0 Å². The molecule has 1 aromatic carbocycles. The van der Waals surface area contributed by atoms with Gasteiger partial charge in [-0.2, -0.15) is 0 Å². The SMILES string of the molecule is COc1ccc(-c2nc(C)c(C)c(N3CCCNCC3)n2)cc1. The summed E-state index contributed by atoms with van der Waals surface area (Å²) in [6.45, 7) is 8.27. The van der Waals surface area contributed by atoms with Crippen LogP contribution in [0.4, 0.5) is 5.82 Å². The average Bonchev–Trinajstić information content (AvgIpc) is 2.86. The molecule has 2 heterocycles. The molecule has 1 aliphatic heterocycles. The third-order valence-corrected chi connectivity index (χ3v) is 4.35. The highest BCUT2D eigenvalue weighted by atomic mass is 16.5. The van der Waals surface area contributed by atoms with Crippen LogP contribution in [0.1, 0.15) is 17.7 Å². The van der Waals surface area contributed by atoms with Gasteiger partial charge in [0.25, 0.3) is 0 Å². The van der Waals surface area contributed by atoms with Crippen molar-refractivity contribution in [2.24, 2.45) is 0 Å². The first-order chi connectivity index (χ1) is 11.2. The number of ether oxygens (including phenoxy) is 1. The minimum absolute atomic E-state index is 0.781. The van der Waals surface area contributed by atoms with Crippen molar-refractivity contribution in [1.82, 2.24) is 15.3 Å². The van der Waals surface area contributed by atoms with Crippen molar-refractivity contribution in [1.29, 1.82) is 0 Å². The molecular formula is C18H24N4O. The van der Waals surface area contributed by atoms with E-state index in [0.29, 0.717) is 0 Å². The van der Waals surface area contributed by atoms with Crippen LogP contribution >= 0.6 is 0 Å². The Morgan fingerprint density at radius 3 is 2.57 bits per heavy atom. The van der Waals surface area contributed by atoms with Crippen molar-refractivity contribution in [2.75, 3.05) is 38.2 Å². The molecule has 1 saturated heterocycles. The predicted molar refractivity (Wildman–Crippen MR) is 93.2 cm³/mol. The number of aromatic nitrogens is 2. The first-order valence-electron chi connectivity index (χ1n) is 8.14. The zero-order valence-electron chi connectivity index (χ0n) is 14.1. The molecule has 23 heavy (non-hydrogen) atoms. The number of hydrogen-bond acceptors (Lipinski definition) is 5. The summed E-state index contributed by atoms with van der Waals surface area (Å²) in [5.41, 5.74) is 3.23. The van der Waals surface area contributed by atoms with Crippen LogP contribution in [0.15, 0.2) is 24.3 Å². The lowest BCUT2D eigenvalue weighted by Crippen LogP contribution is -2.29. The van der Waals surface area contributed by atoms with E-state index >= 15 is 0 Å². The third-order valence-electron chi connectivity index (χ3n) is 4.35. The summed E-state index contributed by atoms with van der Waals surface area (Å²) >= 11 is 0. The van der Waals surface area contributed by atoms with Gasteiger partial charge in [0.2, 0.25) is 0 Å². The number of hydrogen-bond donors (Lipinski definition) is 1. The van der Waals surface area contributed by atoms with E-state index in [2.05, 4.69) is 29.0 Å². The fraction of sp³-hybridized carbons (Fsp3) is 0.444. The van der Waals surface area contributed by atoms with E-state index in [0.717, 1.165) is 61.2 Å². The van der Waals surface area contributed by atoms with Gasteiger partial charge in [-0.25, -0.2) is 9.97 Å². The van der Waals surface area contributed by atoms with Gasteiger partial charge < -0.3 is 15.0 Å². The Morgan fingerprint density at radius 1 is 1.04 bits per heavy atom. The predicted octanol–water partition coefficient (Wildman–Crippen LogP) is 2.57. The van der Waals surface area contributed by atoms with Crippen molar-refractivity contribution in [2.45, 2.75) is 20.3 Å². The summed E-state index contributed by atoms with van der Waals surface area (Å²) in [6, 6.07) is 7.92. The van der Waals surface area contributed by atoms with Gasteiger partial charge in [-0.3, -0.25) is 0 Å². The van der Waals surface area contributed by atoms with Crippen LogP contribution in [-0.2, 0) is 0 Å². The van der Waals surface area contributed by atoms with Crippen LogP contribution in [0, 0.1) is 13.8 Å². The standard InChI is InChI=1S/C18H24N4O/c1-13-14(2)20-17(15-5-7-16(23-3)8-6-15)21-18(13)22-11-4-9-19-10-12-22/h5-8,19H,4,9-12H2,1-3H3. The number of aryl methyl sites for hydroxylation is 1. The lowest BCUT2D eigenvalue weighted by atomic mass is 10.1. The van der Waals surface area contributed by atoms with Gasteiger partial charge in [0.1, 0.15) is 11.6 Å². The molecule has 5 heteroatoms. The summed E-state index contributed by atoms with van der Waals surface area (Å²) < 4.78 is 5.22. The van der Waals surface area contributed by atoms with Crippen molar-refractivity contribution < 1.29 is 4.74 Å². The third kappa shape index (κ3) is 3.45. The monoisotopic (exact) mass is 312 g/mol. The molecule has 0 unspecified atom stereocenters. The molecule has 1 aromatic heterocycles. The maximum atomic E-state index is 5.22. The fourth-order valence-electron chi connectivity index (χ4n) is 2.85. The number of benzene rings is 1. The smallest absolute Gasteiger partial charge is 0.161 e. The molecule has 3 rings (SSSR count). The number of anilines is 1. The Morgan fingerprint density at radius 2 is 1.83 bits per heavy atom. The van der Waals surface area contributed by atoms with E-state index in [-0.39, 0.29) is 0 Å². The van der Waals surface area contributed by atoms with Crippen molar-refractivity contribution in [3.8, 4) is 17.1 Å².